The average Bonchev–Trinajstić information content (AvgIpc) is 2.25. The van der Waals surface area contributed by atoms with Crippen molar-refractivity contribution in [2.45, 2.75) is 13.8 Å². The Morgan fingerprint density at radius 2 is 2.27 bits per heavy atom. The van der Waals surface area contributed by atoms with E-state index in [9.17, 15) is 4.79 Å². The Labute approximate surface area is 89.3 Å². The molecule has 0 aromatic heterocycles. The first kappa shape index (κ1) is 11.3. The predicted molar refractivity (Wildman–Crippen MR) is 56.9 cm³/mol. The van der Waals surface area contributed by atoms with Crippen LogP contribution in [-0.4, -0.2) is 12.9 Å². The van der Waals surface area contributed by atoms with E-state index in [4.69, 9.17) is 10.00 Å². The number of aldehydes is 1. The molecule has 1 aromatic carbocycles. The normalized spacial score (nSPS) is 9.73. The summed E-state index contributed by atoms with van der Waals surface area (Å²) in [6.07, 6.45) is 0.715. The molecular weight excluding hydrogens is 190 g/mol. The van der Waals surface area contributed by atoms with Gasteiger partial charge in [-0.2, -0.15) is 5.26 Å². The van der Waals surface area contributed by atoms with Crippen molar-refractivity contribution in [1.82, 2.24) is 0 Å². The molecule has 0 fully saturated rings. The van der Waals surface area contributed by atoms with Gasteiger partial charge in [0.15, 0.2) is 0 Å². The van der Waals surface area contributed by atoms with Crippen LogP contribution in [0.3, 0.4) is 0 Å². The predicted octanol–water partition coefficient (Wildman–Crippen LogP) is 2.41. The summed E-state index contributed by atoms with van der Waals surface area (Å²) in [7, 11) is 0. The summed E-state index contributed by atoms with van der Waals surface area (Å²) in [5.41, 5.74) is 0.892. The lowest BCUT2D eigenvalue weighted by Gasteiger charge is -2.09. The molecule has 3 nitrogen and oxygen atoms in total. The van der Waals surface area contributed by atoms with E-state index in [2.05, 4.69) is 0 Å². The number of nitrogens with zero attached hydrogens (tertiary/aromatic N) is 1. The van der Waals surface area contributed by atoms with Gasteiger partial charge in [0.05, 0.1) is 12.2 Å². The molecule has 0 aliphatic carbocycles. The zero-order valence-corrected chi connectivity index (χ0v) is 8.86. The van der Waals surface area contributed by atoms with Crippen molar-refractivity contribution in [3.63, 3.8) is 0 Å². The second kappa shape index (κ2) is 5.16. The first-order valence-corrected chi connectivity index (χ1v) is 4.79. The molecule has 1 rings (SSSR count). The molecule has 78 valence electrons. The van der Waals surface area contributed by atoms with Gasteiger partial charge in [-0.1, -0.05) is 13.8 Å². The van der Waals surface area contributed by atoms with Crippen LogP contribution >= 0.6 is 0 Å². The van der Waals surface area contributed by atoms with Crippen molar-refractivity contribution in [2.24, 2.45) is 5.92 Å². The van der Waals surface area contributed by atoms with E-state index in [1.165, 1.54) is 6.07 Å². The second-order valence-corrected chi connectivity index (χ2v) is 3.69. The minimum atomic E-state index is 0.403. The lowest BCUT2D eigenvalue weighted by Crippen LogP contribution is -2.05. The quantitative estimate of drug-likeness (QED) is 0.706. The molecule has 0 aliphatic heterocycles. The van der Waals surface area contributed by atoms with Gasteiger partial charge in [0.1, 0.15) is 18.1 Å². The maximum Gasteiger partial charge on any atom is 0.150 e. The molecule has 0 radical (unpaired) electrons. The van der Waals surface area contributed by atoms with Gasteiger partial charge in [-0.05, 0) is 24.1 Å². The van der Waals surface area contributed by atoms with E-state index >= 15 is 0 Å². The summed E-state index contributed by atoms with van der Waals surface area (Å²) in [4.78, 5) is 10.5. The molecule has 15 heavy (non-hydrogen) atoms. The number of nitriles is 1. The molecular formula is C12H13NO2. The zero-order chi connectivity index (χ0) is 11.3. The van der Waals surface area contributed by atoms with Crippen molar-refractivity contribution in [2.75, 3.05) is 6.61 Å². The van der Waals surface area contributed by atoms with E-state index in [0.717, 1.165) is 0 Å². The van der Waals surface area contributed by atoms with Crippen LogP contribution in [0.4, 0.5) is 0 Å². The molecule has 0 saturated heterocycles. The molecule has 0 spiro atoms. The molecule has 0 bridgehead atoms. The topological polar surface area (TPSA) is 50.1 Å². The Bertz CT molecular complexity index is 391. The van der Waals surface area contributed by atoms with Crippen molar-refractivity contribution < 1.29 is 9.53 Å². The van der Waals surface area contributed by atoms with Crippen LogP contribution in [0.1, 0.15) is 29.8 Å². The van der Waals surface area contributed by atoms with Crippen LogP contribution in [0, 0.1) is 17.2 Å². The molecule has 1 aromatic rings. The van der Waals surface area contributed by atoms with Gasteiger partial charge in [0.2, 0.25) is 0 Å². The van der Waals surface area contributed by atoms with E-state index in [1.54, 1.807) is 12.1 Å². The Kier molecular flexibility index (Phi) is 3.87. The number of hydrogen-bond donors (Lipinski definition) is 0. The summed E-state index contributed by atoms with van der Waals surface area (Å²) in [6, 6.07) is 6.84. The molecule has 3 heteroatoms. The molecule has 0 unspecified atom stereocenters. The number of benzene rings is 1. The summed E-state index contributed by atoms with van der Waals surface area (Å²) in [5.74, 6) is 0.944. The fourth-order valence-electron chi connectivity index (χ4n) is 1.09. The van der Waals surface area contributed by atoms with Crippen molar-refractivity contribution >= 4 is 6.29 Å². The SMILES string of the molecule is CC(C)COc1ccc(C=O)cc1C#N. The van der Waals surface area contributed by atoms with Gasteiger partial charge in [-0.3, -0.25) is 4.79 Å². The average molecular weight is 203 g/mol. The Balaban J connectivity index is 2.89. The third kappa shape index (κ3) is 3.10. The van der Waals surface area contributed by atoms with E-state index < -0.39 is 0 Å². The lowest BCUT2D eigenvalue weighted by molar-refractivity contribution is 0.112. The standard InChI is InChI=1S/C12H13NO2/c1-9(2)8-15-12-4-3-10(7-14)5-11(12)6-13/h3-5,7,9H,8H2,1-2H3. The number of ether oxygens (including phenoxy) is 1. The molecule has 0 aliphatic rings. The van der Waals surface area contributed by atoms with Crippen LogP contribution in [0.2, 0.25) is 0 Å². The fourth-order valence-corrected chi connectivity index (χ4v) is 1.09. The van der Waals surface area contributed by atoms with Crippen LogP contribution in [-0.2, 0) is 0 Å². The largest absolute Gasteiger partial charge is 0.492 e. The van der Waals surface area contributed by atoms with Crippen molar-refractivity contribution in [3.8, 4) is 11.8 Å². The smallest absolute Gasteiger partial charge is 0.150 e. The van der Waals surface area contributed by atoms with Gasteiger partial charge < -0.3 is 4.74 Å². The van der Waals surface area contributed by atoms with Gasteiger partial charge in [-0.25, -0.2) is 0 Å². The van der Waals surface area contributed by atoms with Gasteiger partial charge in [0.25, 0.3) is 0 Å². The first-order chi connectivity index (χ1) is 7.17. The highest BCUT2D eigenvalue weighted by molar-refractivity contribution is 5.76. The van der Waals surface area contributed by atoms with Crippen molar-refractivity contribution in [1.29, 1.82) is 5.26 Å². The summed E-state index contributed by atoms with van der Waals surface area (Å²) in [6.45, 7) is 4.63. The highest BCUT2D eigenvalue weighted by Crippen LogP contribution is 2.19. The lowest BCUT2D eigenvalue weighted by atomic mass is 10.1. The second-order valence-electron chi connectivity index (χ2n) is 3.69. The number of carbonyl (C=O) groups is 1. The maximum atomic E-state index is 10.5. The fraction of sp³-hybridized carbons (Fsp3) is 0.333. The van der Waals surface area contributed by atoms with Crippen LogP contribution in [0.5, 0.6) is 5.75 Å². The van der Waals surface area contributed by atoms with Gasteiger partial charge in [-0.15, -0.1) is 0 Å². The summed E-state index contributed by atoms with van der Waals surface area (Å²) < 4.78 is 5.45. The summed E-state index contributed by atoms with van der Waals surface area (Å²) >= 11 is 0. The van der Waals surface area contributed by atoms with Crippen LogP contribution in [0.15, 0.2) is 18.2 Å². The summed E-state index contributed by atoms with van der Waals surface area (Å²) in [5, 5.41) is 8.86. The number of carbonyl (C=O) groups excluding carboxylic acids is 1. The van der Waals surface area contributed by atoms with E-state index in [0.29, 0.717) is 35.7 Å². The third-order valence-electron chi connectivity index (χ3n) is 1.83. The maximum absolute atomic E-state index is 10.5. The van der Waals surface area contributed by atoms with Crippen LogP contribution < -0.4 is 4.74 Å². The Morgan fingerprint density at radius 1 is 1.53 bits per heavy atom. The molecule has 0 heterocycles. The highest BCUT2D eigenvalue weighted by atomic mass is 16.5. The zero-order valence-electron chi connectivity index (χ0n) is 8.86. The number of hydrogen-bond acceptors (Lipinski definition) is 3. The first-order valence-electron chi connectivity index (χ1n) is 4.79. The molecule has 0 N–H and O–H groups in total. The highest BCUT2D eigenvalue weighted by Gasteiger charge is 2.05. The van der Waals surface area contributed by atoms with Crippen LogP contribution in [0.25, 0.3) is 0 Å². The monoisotopic (exact) mass is 203 g/mol. The van der Waals surface area contributed by atoms with E-state index in [-0.39, 0.29) is 0 Å². The van der Waals surface area contributed by atoms with Crippen molar-refractivity contribution in [3.05, 3.63) is 29.3 Å². The Hall–Kier alpha value is -1.82. The third-order valence-corrected chi connectivity index (χ3v) is 1.83. The molecule has 0 saturated carbocycles. The van der Waals surface area contributed by atoms with E-state index in [1.807, 2.05) is 19.9 Å². The minimum Gasteiger partial charge on any atom is -0.492 e. The van der Waals surface area contributed by atoms with Gasteiger partial charge in [0, 0.05) is 5.56 Å². The minimum absolute atomic E-state index is 0.403. The molecule has 0 amide bonds. The molecule has 0 atom stereocenters. The Morgan fingerprint density at radius 3 is 2.80 bits per heavy atom. The number of rotatable bonds is 4. The van der Waals surface area contributed by atoms with Gasteiger partial charge >= 0.3 is 0 Å².